The lowest BCUT2D eigenvalue weighted by molar-refractivity contribution is 0.284. The summed E-state index contributed by atoms with van der Waals surface area (Å²) in [7, 11) is 3.83. The molecule has 0 bridgehead atoms. The fourth-order valence-corrected chi connectivity index (χ4v) is 3.20. The standard InChI is InChI=1S/C26H27NO/c1-5-25(21-12-8-6-9-13-21)26(22-14-10-7-11-15-22)23-16-18-24(19-17-23)28-20(2)27(3)4/h6-19H,2,5H2,1,3-4H3/b26-25-. The van der Waals surface area contributed by atoms with Crippen molar-refractivity contribution in [2.75, 3.05) is 14.1 Å². The van der Waals surface area contributed by atoms with E-state index in [4.69, 9.17) is 4.74 Å². The summed E-state index contributed by atoms with van der Waals surface area (Å²) in [5.74, 6) is 1.40. The fourth-order valence-electron chi connectivity index (χ4n) is 3.20. The average Bonchev–Trinajstić information content (AvgIpc) is 2.74. The van der Waals surface area contributed by atoms with Crippen LogP contribution in [0.2, 0.25) is 0 Å². The molecule has 0 saturated carbocycles. The van der Waals surface area contributed by atoms with E-state index in [0.29, 0.717) is 5.88 Å². The van der Waals surface area contributed by atoms with Gasteiger partial charge in [0, 0.05) is 14.1 Å². The van der Waals surface area contributed by atoms with Crippen LogP contribution in [0.5, 0.6) is 5.75 Å². The molecule has 2 nitrogen and oxygen atoms in total. The third kappa shape index (κ3) is 4.52. The molecule has 0 aromatic heterocycles. The van der Waals surface area contributed by atoms with E-state index in [-0.39, 0.29) is 0 Å². The van der Waals surface area contributed by atoms with Crippen LogP contribution in [-0.2, 0) is 0 Å². The van der Waals surface area contributed by atoms with Crippen molar-refractivity contribution in [3.05, 3.63) is 114 Å². The minimum Gasteiger partial charge on any atom is -0.442 e. The van der Waals surface area contributed by atoms with Crippen molar-refractivity contribution in [2.24, 2.45) is 0 Å². The van der Waals surface area contributed by atoms with Gasteiger partial charge in [-0.3, -0.25) is 0 Å². The predicted molar refractivity (Wildman–Crippen MR) is 119 cm³/mol. The second-order valence-electron chi connectivity index (χ2n) is 6.85. The lowest BCUT2D eigenvalue weighted by Gasteiger charge is -2.18. The molecule has 3 aromatic carbocycles. The molecule has 3 aromatic rings. The highest BCUT2D eigenvalue weighted by molar-refractivity contribution is 5.98. The minimum absolute atomic E-state index is 0.616. The SMILES string of the molecule is C=C(Oc1ccc(/C(=C(/CC)c2ccccc2)c2ccccc2)cc1)N(C)C. The molecule has 28 heavy (non-hydrogen) atoms. The maximum absolute atomic E-state index is 5.80. The lowest BCUT2D eigenvalue weighted by atomic mass is 9.88. The Morgan fingerprint density at radius 2 is 1.25 bits per heavy atom. The van der Waals surface area contributed by atoms with Gasteiger partial charge in [0.2, 0.25) is 0 Å². The van der Waals surface area contributed by atoms with Gasteiger partial charge in [0.15, 0.2) is 5.88 Å². The highest BCUT2D eigenvalue weighted by atomic mass is 16.5. The number of ether oxygens (including phenoxy) is 1. The van der Waals surface area contributed by atoms with Crippen LogP contribution in [0, 0.1) is 0 Å². The summed E-state index contributed by atoms with van der Waals surface area (Å²) in [5.41, 5.74) is 6.24. The molecule has 0 atom stereocenters. The maximum atomic E-state index is 5.80. The van der Waals surface area contributed by atoms with Gasteiger partial charge in [0.05, 0.1) is 0 Å². The van der Waals surface area contributed by atoms with Crippen molar-refractivity contribution < 1.29 is 4.74 Å². The zero-order valence-corrected chi connectivity index (χ0v) is 16.9. The summed E-state index contributed by atoms with van der Waals surface area (Å²) in [5, 5.41) is 0. The smallest absolute Gasteiger partial charge is 0.188 e. The summed E-state index contributed by atoms with van der Waals surface area (Å²) >= 11 is 0. The second-order valence-corrected chi connectivity index (χ2v) is 6.85. The van der Waals surface area contributed by atoms with E-state index in [1.54, 1.807) is 0 Å². The van der Waals surface area contributed by atoms with Gasteiger partial charge < -0.3 is 9.64 Å². The van der Waals surface area contributed by atoms with Crippen molar-refractivity contribution in [1.29, 1.82) is 0 Å². The molecule has 3 rings (SSSR count). The molecule has 0 heterocycles. The van der Waals surface area contributed by atoms with Gasteiger partial charge in [-0.1, -0.05) is 79.7 Å². The molecular weight excluding hydrogens is 342 g/mol. The van der Waals surface area contributed by atoms with E-state index in [1.165, 1.54) is 27.8 Å². The highest BCUT2D eigenvalue weighted by Crippen LogP contribution is 2.35. The van der Waals surface area contributed by atoms with Gasteiger partial charge >= 0.3 is 0 Å². The molecular formula is C26H27NO. The van der Waals surface area contributed by atoms with Gasteiger partial charge in [-0.2, -0.15) is 0 Å². The van der Waals surface area contributed by atoms with Gasteiger partial charge in [-0.05, 0) is 53.0 Å². The highest BCUT2D eigenvalue weighted by Gasteiger charge is 2.13. The molecule has 0 saturated heterocycles. The zero-order chi connectivity index (χ0) is 19.9. The Hall–Kier alpha value is -3.26. The van der Waals surface area contributed by atoms with Gasteiger partial charge in [0.1, 0.15) is 5.75 Å². The normalized spacial score (nSPS) is 11.5. The first-order valence-electron chi connectivity index (χ1n) is 9.58. The van der Waals surface area contributed by atoms with Crippen molar-refractivity contribution in [1.82, 2.24) is 4.90 Å². The number of nitrogens with zero attached hydrogens (tertiary/aromatic N) is 1. The molecule has 0 aliphatic rings. The monoisotopic (exact) mass is 369 g/mol. The largest absolute Gasteiger partial charge is 0.442 e. The first-order valence-corrected chi connectivity index (χ1v) is 9.58. The number of benzene rings is 3. The van der Waals surface area contributed by atoms with E-state index in [9.17, 15) is 0 Å². The van der Waals surface area contributed by atoms with Gasteiger partial charge in [-0.25, -0.2) is 0 Å². The summed E-state index contributed by atoms with van der Waals surface area (Å²) in [6, 6.07) is 29.4. The molecule has 0 amide bonds. The van der Waals surface area contributed by atoms with Crippen LogP contribution >= 0.6 is 0 Å². The Morgan fingerprint density at radius 1 is 0.750 bits per heavy atom. The van der Waals surface area contributed by atoms with E-state index in [2.05, 4.69) is 86.3 Å². The van der Waals surface area contributed by atoms with Gasteiger partial charge in [0.25, 0.3) is 0 Å². The van der Waals surface area contributed by atoms with Crippen LogP contribution in [-0.4, -0.2) is 19.0 Å². The van der Waals surface area contributed by atoms with Crippen LogP contribution in [0.15, 0.2) is 97.4 Å². The first kappa shape index (κ1) is 19.5. The number of hydrogen-bond acceptors (Lipinski definition) is 2. The zero-order valence-electron chi connectivity index (χ0n) is 16.9. The third-order valence-corrected chi connectivity index (χ3v) is 4.72. The van der Waals surface area contributed by atoms with Gasteiger partial charge in [-0.15, -0.1) is 0 Å². The molecule has 0 aliphatic heterocycles. The predicted octanol–water partition coefficient (Wildman–Crippen LogP) is 6.47. The Balaban J connectivity index is 2.08. The third-order valence-electron chi connectivity index (χ3n) is 4.72. The van der Waals surface area contributed by atoms with Crippen LogP contribution in [0.25, 0.3) is 11.1 Å². The van der Waals surface area contributed by atoms with Crippen LogP contribution in [0.4, 0.5) is 0 Å². The van der Waals surface area contributed by atoms with Crippen LogP contribution in [0.1, 0.15) is 30.0 Å². The van der Waals surface area contributed by atoms with E-state index in [0.717, 1.165) is 12.2 Å². The quantitative estimate of drug-likeness (QED) is 0.350. The maximum Gasteiger partial charge on any atom is 0.188 e. The molecule has 2 heteroatoms. The summed E-state index contributed by atoms with van der Waals surface area (Å²) in [6.45, 7) is 6.14. The molecule has 0 aliphatic carbocycles. The summed E-state index contributed by atoms with van der Waals surface area (Å²) in [6.07, 6.45) is 0.948. The van der Waals surface area contributed by atoms with Crippen molar-refractivity contribution in [3.63, 3.8) is 0 Å². The van der Waals surface area contributed by atoms with E-state index >= 15 is 0 Å². The van der Waals surface area contributed by atoms with Crippen LogP contribution in [0.3, 0.4) is 0 Å². The Morgan fingerprint density at radius 3 is 1.75 bits per heavy atom. The fraction of sp³-hybridized carbons (Fsp3) is 0.154. The first-order chi connectivity index (χ1) is 13.6. The Labute approximate surface area is 168 Å². The van der Waals surface area contributed by atoms with Crippen molar-refractivity contribution in [2.45, 2.75) is 13.3 Å². The number of hydrogen-bond donors (Lipinski definition) is 0. The Bertz CT molecular complexity index is 939. The Kier molecular flexibility index (Phi) is 6.33. The molecule has 0 N–H and O–H groups in total. The van der Waals surface area contributed by atoms with Crippen molar-refractivity contribution >= 4 is 11.1 Å². The second kappa shape index (κ2) is 9.09. The average molecular weight is 370 g/mol. The molecule has 0 unspecified atom stereocenters. The van der Waals surface area contributed by atoms with Crippen LogP contribution < -0.4 is 4.74 Å². The molecule has 0 fully saturated rings. The topological polar surface area (TPSA) is 12.5 Å². The van der Waals surface area contributed by atoms with Crippen molar-refractivity contribution in [3.8, 4) is 5.75 Å². The summed E-state index contributed by atoms with van der Waals surface area (Å²) in [4.78, 5) is 1.85. The summed E-state index contributed by atoms with van der Waals surface area (Å²) < 4.78 is 5.80. The molecule has 142 valence electrons. The van der Waals surface area contributed by atoms with E-state index < -0.39 is 0 Å². The minimum atomic E-state index is 0.616. The molecule has 0 radical (unpaired) electrons. The molecule has 0 spiro atoms. The van der Waals surface area contributed by atoms with E-state index in [1.807, 2.05) is 31.1 Å². The number of allylic oxidation sites excluding steroid dienone is 1. The number of rotatable bonds is 7. The lowest BCUT2D eigenvalue weighted by Crippen LogP contribution is -2.14.